The Morgan fingerprint density at radius 1 is 1.04 bits per heavy atom. The van der Waals surface area contributed by atoms with Crippen LogP contribution < -0.4 is 20.5 Å². The van der Waals surface area contributed by atoms with Crippen molar-refractivity contribution in [2.45, 2.75) is 13.0 Å². The summed E-state index contributed by atoms with van der Waals surface area (Å²) < 4.78 is 15.3. The van der Waals surface area contributed by atoms with Crippen LogP contribution in [0, 0.1) is 5.92 Å². The van der Waals surface area contributed by atoms with Crippen LogP contribution in [0.25, 0.3) is 0 Å². The lowest BCUT2D eigenvalue weighted by atomic mass is 9.94. The number of carbonyl (C=O) groups excluding carboxylic acids is 2. The molecule has 0 radical (unpaired) electrons. The molecule has 0 bridgehead atoms. The smallest absolute Gasteiger partial charge is 0.338 e. The van der Waals surface area contributed by atoms with Gasteiger partial charge in [-0.15, -0.1) is 0 Å². The van der Waals surface area contributed by atoms with Gasteiger partial charge >= 0.3 is 5.97 Å². The van der Waals surface area contributed by atoms with Crippen molar-refractivity contribution in [1.82, 2.24) is 0 Å². The zero-order valence-corrected chi connectivity index (χ0v) is 15.8. The zero-order valence-electron chi connectivity index (χ0n) is 15.8. The van der Waals surface area contributed by atoms with Crippen molar-refractivity contribution in [2.24, 2.45) is 11.7 Å². The summed E-state index contributed by atoms with van der Waals surface area (Å²) in [6.45, 7) is 1.74. The van der Waals surface area contributed by atoms with Crippen LogP contribution in [0.1, 0.15) is 28.9 Å². The summed E-state index contributed by atoms with van der Waals surface area (Å²) >= 11 is 0. The maximum atomic E-state index is 12.7. The van der Waals surface area contributed by atoms with Gasteiger partial charge in [0.1, 0.15) is 0 Å². The molecule has 2 unspecified atom stereocenters. The Labute approximate surface area is 158 Å². The number of anilines is 1. The van der Waals surface area contributed by atoms with E-state index >= 15 is 0 Å². The van der Waals surface area contributed by atoms with Crippen LogP contribution in [-0.2, 0) is 9.53 Å². The fourth-order valence-corrected chi connectivity index (χ4v) is 2.67. The number of amides is 1. The van der Waals surface area contributed by atoms with Crippen LogP contribution >= 0.6 is 0 Å². The van der Waals surface area contributed by atoms with Gasteiger partial charge in [-0.25, -0.2) is 4.79 Å². The molecule has 0 aliphatic carbocycles. The molecule has 2 aromatic rings. The van der Waals surface area contributed by atoms with Crippen molar-refractivity contribution < 1.29 is 23.8 Å². The maximum absolute atomic E-state index is 12.7. The van der Waals surface area contributed by atoms with Gasteiger partial charge in [-0.1, -0.05) is 37.3 Å². The third-order valence-electron chi connectivity index (χ3n) is 4.29. The Balaban J connectivity index is 2.31. The second-order valence-corrected chi connectivity index (χ2v) is 5.97. The van der Waals surface area contributed by atoms with Gasteiger partial charge in [0, 0.05) is 6.04 Å². The van der Waals surface area contributed by atoms with Gasteiger partial charge in [-0.2, -0.15) is 0 Å². The molecule has 0 fully saturated rings. The number of benzene rings is 2. The lowest BCUT2D eigenvalue weighted by Crippen LogP contribution is -2.30. The number of ether oxygens (including phenoxy) is 3. The molecule has 2 rings (SSSR count). The molecule has 0 aliphatic rings. The highest BCUT2D eigenvalue weighted by molar-refractivity contribution is 5.98. The van der Waals surface area contributed by atoms with Crippen molar-refractivity contribution in [3.8, 4) is 11.5 Å². The Morgan fingerprint density at radius 2 is 1.70 bits per heavy atom. The van der Waals surface area contributed by atoms with Crippen LogP contribution in [0.3, 0.4) is 0 Å². The standard InChI is InChI=1S/C20H24N2O5/c1-12(17(21)13-8-6-5-7-9-13)19(23)22-15-10-14(20(24)27-4)11-16(25-2)18(15)26-3/h5-12,17H,21H2,1-4H3,(H,22,23). The fourth-order valence-electron chi connectivity index (χ4n) is 2.67. The zero-order chi connectivity index (χ0) is 20.0. The quantitative estimate of drug-likeness (QED) is 0.725. The van der Waals surface area contributed by atoms with E-state index in [0.29, 0.717) is 17.2 Å². The molecule has 1 amide bonds. The lowest BCUT2D eigenvalue weighted by molar-refractivity contribution is -0.120. The third kappa shape index (κ3) is 4.57. The van der Waals surface area contributed by atoms with Crippen molar-refractivity contribution in [3.05, 3.63) is 53.6 Å². The number of methoxy groups -OCH3 is 3. The third-order valence-corrected chi connectivity index (χ3v) is 4.29. The summed E-state index contributed by atoms with van der Waals surface area (Å²) in [5, 5.41) is 2.77. The Hall–Kier alpha value is -3.06. The first-order valence-corrected chi connectivity index (χ1v) is 8.38. The number of esters is 1. The Kier molecular flexibility index (Phi) is 6.79. The van der Waals surface area contributed by atoms with Crippen molar-refractivity contribution in [3.63, 3.8) is 0 Å². The second-order valence-electron chi connectivity index (χ2n) is 5.97. The molecular weight excluding hydrogens is 348 g/mol. The highest BCUT2D eigenvalue weighted by Crippen LogP contribution is 2.37. The predicted molar refractivity (Wildman–Crippen MR) is 102 cm³/mol. The molecule has 144 valence electrons. The first-order valence-electron chi connectivity index (χ1n) is 8.38. The van der Waals surface area contributed by atoms with E-state index in [4.69, 9.17) is 19.9 Å². The summed E-state index contributed by atoms with van der Waals surface area (Å²) in [7, 11) is 4.17. The van der Waals surface area contributed by atoms with Gasteiger partial charge in [-0.05, 0) is 17.7 Å². The van der Waals surface area contributed by atoms with Crippen molar-refractivity contribution >= 4 is 17.6 Å². The Morgan fingerprint density at radius 3 is 2.26 bits per heavy atom. The number of hydrogen-bond acceptors (Lipinski definition) is 6. The molecule has 0 heterocycles. The largest absolute Gasteiger partial charge is 0.493 e. The van der Waals surface area contributed by atoms with Gasteiger partial charge in [0.05, 0.1) is 38.5 Å². The summed E-state index contributed by atoms with van der Waals surface area (Å²) in [5.74, 6) is -0.784. The van der Waals surface area contributed by atoms with Crippen LogP contribution in [0.2, 0.25) is 0 Å². The maximum Gasteiger partial charge on any atom is 0.338 e. The average molecular weight is 372 g/mol. The van der Waals surface area contributed by atoms with E-state index < -0.39 is 17.9 Å². The minimum absolute atomic E-state index is 0.227. The van der Waals surface area contributed by atoms with E-state index in [1.807, 2.05) is 30.3 Å². The normalized spacial score (nSPS) is 12.6. The van der Waals surface area contributed by atoms with Crippen molar-refractivity contribution in [1.29, 1.82) is 0 Å². The molecule has 0 saturated carbocycles. The van der Waals surface area contributed by atoms with Crippen LogP contribution in [-0.4, -0.2) is 33.2 Å². The topological polar surface area (TPSA) is 99.9 Å². The van der Waals surface area contributed by atoms with Crippen molar-refractivity contribution in [2.75, 3.05) is 26.6 Å². The van der Waals surface area contributed by atoms with E-state index in [-0.39, 0.29) is 11.5 Å². The van der Waals surface area contributed by atoms with E-state index in [1.54, 1.807) is 6.92 Å². The highest BCUT2D eigenvalue weighted by Gasteiger charge is 2.25. The number of carbonyl (C=O) groups is 2. The predicted octanol–water partition coefficient (Wildman–Crippen LogP) is 2.77. The second kappa shape index (κ2) is 9.05. The molecule has 0 saturated heterocycles. The number of nitrogens with one attached hydrogen (secondary N) is 1. The van der Waals surface area contributed by atoms with Crippen LogP contribution in [0.5, 0.6) is 11.5 Å². The molecule has 7 nitrogen and oxygen atoms in total. The number of rotatable bonds is 7. The minimum Gasteiger partial charge on any atom is -0.493 e. The van der Waals surface area contributed by atoms with Gasteiger partial charge in [0.2, 0.25) is 5.91 Å². The lowest BCUT2D eigenvalue weighted by Gasteiger charge is -2.21. The minimum atomic E-state index is -0.555. The molecule has 0 spiro atoms. The summed E-state index contributed by atoms with van der Waals surface area (Å²) in [4.78, 5) is 24.6. The SMILES string of the molecule is COC(=O)c1cc(NC(=O)C(C)C(N)c2ccccc2)c(OC)c(OC)c1. The van der Waals surface area contributed by atoms with Gasteiger partial charge in [0.25, 0.3) is 0 Å². The molecule has 27 heavy (non-hydrogen) atoms. The van der Waals surface area contributed by atoms with Gasteiger partial charge in [-0.3, -0.25) is 4.79 Å². The van der Waals surface area contributed by atoms with Gasteiger partial charge in [0.15, 0.2) is 11.5 Å². The van der Waals surface area contributed by atoms with E-state index in [1.165, 1.54) is 33.5 Å². The summed E-state index contributed by atoms with van der Waals surface area (Å²) in [5.41, 5.74) is 7.61. The first kappa shape index (κ1) is 20.3. The number of nitrogens with two attached hydrogens (primary N) is 1. The molecule has 2 atom stereocenters. The van der Waals surface area contributed by atoms with Crippen LogP contribution in [0.4, 0.5) is 5.69 Å². The number of hydrogen-bond donors (Lipinski definition) is 2. The summed E-state index contributed by atoms with van der Waals surface area (Å²) in [6.07, 6.45) is 0. The molecule has 0 aromatic heterocycles. The van der Waals surface area contributed by atoms with Crippen LogP contribution in [0.15, 0.2) is 42.5 Å². The van der Waals surface area contributed by atoms with Gasteiger partial charge < -0.3 is 25.3 Å². The molecular formula is C20H24N2O5. The molecule has 0 aliphatic heterocycles. The molecule has 7 heteroatoms. The summed E-state index contributed by atoms with van der Waals surface area (Å²) in [6, 6.07) is 11.8. The van der Waals surface area contributed by atoms with E-state index in [9.17, 15) is 9.59 Å². The van der Waals surface area contributed by atoms with E-state index in [0.717, 1.165) is 5.56 Å². The molecule has 2 aromatic carbocycles. The monoisotopic (exact) mass is 372 g/mol. The average Bonchev–Trinajstić information content (AvgIpc) is 2.71. The Bertz CT molecular complexity index is 808. The highest BCUT2D eigenvalue weighted by atomic mass is 16.5. The fraction of sp³-hybridized carbons (Fsp3) is 0.300. The first-order chi connectivity index (χ1) is 12.9. The molecule has 3 N–H and O–H groups in total. The van der Waals surface area contributed by atoms with E-state index in [2.05, 4.69) is 5.32 Å².